The summed E-state index contributed by atoms with van der Waals surface area (Å²) < 4.78 is 0. The Balaban J connectivity index is 2.54. The molecule has 0 bridgehead atoms. The number of hydrogen-bond donors (Lipinski definition) is 2. The second-order valence-corrected chi connectivity index (χ2v) is 3.47. The predicted molar refractivity (Wildman–Crippen MR) is 47.5 cm³/mol. The first-order valence-electron chi connectivity index (χ1n) is 4.34. The molecule has 0 aromatic carbocycles. The van der Waals surface area contributed by atoms with E-state index in [1.807, 2.05) is 11.8 Å². The lowest BCUT2D eigenvalue weighted by atomic mass is 10.0. The molecule has 2 atom stereocenters. The minimum atomic E-state index is -0.364. The zero-order valence-corrected chi connectivity index (χ0v) is 7.69. The highest BCUT2D eigenvalue weighted by Crippen LogP contribution is 2.22. The number of primary amides is 2. The Morgan fingerprint density at radius 2 is 2.08 bits per heavy atom. The molecule has 13 heavy (non-hydrogen) atoms. The summed E-state index contributed by atoms with van der Waals surface area (Å²) in [5.41, 5.74) is 10.3. The van der Waals surface area contributed by atoms with E-state index in [0.29, 0.717) is 0 Å². The molecule has 0 saturated carbocycles. The number of likely N-dealkylation sites (tertiary alicyclic amines) is 1. The summed E-state index contributed by atoms with van der Waals surface area (Å²) in [6.07, 6.45) is 0.726. The fourth-order valence-corrected chi connectivity index (χ4v) is 1.81. The van der Waals surface area contributed by atoms with E-state index in [0.717, 1.165) is 13.0 Å². The number of carbonyl (C=O) groups excluding carboxylic acids is 2. The fourth-order valence-electron chi connectivity index (χ4n) is 1.81. The van der Waals surface area contributed by atoms with Crippen molar-refractivity contribution in [1.82, 2.24) is 4.90 Å². The van der Waals surface area contributed by atoms with Gasteiger partial charge >= 0.3 is 0 Å². The Labute approximate surface area is 77.1 Å². The number of hydrogen-bond acceptors (Lipinski definition) is 3. The van der Waals surface area contributed by atoms with Crippen molar-refractivity contribution in [3.63, 3.8) is 0 Å². The first-order valence-corrected chi connectivity index (χ1v) is 4.34. The van der Waals surface area contributed by atoms with Gasteiger partial charge in [-0.15, -0.1) is 0 Å². The van der Waals surface area contributed by atoms with Crippen LogP contribution in [0.5, 0.6) is 0 Å². The maximum absolute atomic E-state index is 10.9. The van der Waals surface area contributed by atoms with E-state index in [1.54, 1.807) is 0 Å². The predicted octanol–water partition coefficient (Wildman–Crippen LogP) is -1.33. The summed E-state index contributed by atoms with van der Waals surface area (Å²) in [5, 5.41) is 0. The third kappa shape index (κ3) is 2.18. The van der Waals surface area contributed by atoms with E-state index in [-0.39, 0.29) is 30.3 Å². The number of amides is 2. The normalized spacial score (nSPS) is 29.0. The molecule has 1 aliphatic heterocycles. The third-order valence-corrected chi connectivity index (χ3v) is 2.61. The molecule has 0 aliphatic carbocycles. The number of nitrogens with zero attached hydrogens (tertiary/aromatic N) is 1. The van der Waals surface area contributed by atoms with E-state index in [1.165, 1.54) is 0 Å². The molecule has 0 spiro atoms. The van der Waals surface area contributed by atoms with Crippen LogP contribution in [0.1, 0.15) is 13.3 Å². The summed E-state index contributed by atoms with van der Waals surface area (Å²) in [4.78, 5) is 23.5. The van der Waals surface area contributed by atoms with E-state index >= 15 is 0 Å². The summed E-state index contributed by atoms with van der Waals surface area (Å²) >= 11 is 0. The largest absolute Gasteiger partial charge is 0.369 e. The van der Waals surface area contributed by atoms with Gasteiger partial charge in [-0.3, -0.25) is 14.5 Å². The summed E-state index contributed by atoms with van der Waals surface area (Å²) in [5.74, 6) is -0.796. The molecule has 0 unspecified atom stereocenters. The van der Waals surface area contributed by atoms with Gasteiger partial charge in [-0.2, -0.15) is 0 Å². The van der Waals surface area contributed by atoms with Crippen LogP contribution in [0.4, 0.5) is 0 Å². The summed E-state index contributed by atoms with van der Waals surface area (Å²) in [7, 11) is 0. The van der Waals surface area contributed by atoms with Crippen LogP contribution < -0.4 is 11.5 Å². The van der Waals surface area contributed by atoms with Crippen LogP contribution in [0.3, 0.4) is 0 Å². The van der Waals surface area contributed by atoms with Gasteiger partial charge < -0.3 is 11.5 Å². The second-order valence-electron chi connectivity index (χ2n) is 3.47. The molecule has 1 saturated heterocycles. The monoisotopic (exact) mass is 185 g/mol. The zero-order chi connectivity index (χ0) is 10.0. The van der Waals surface area contributed by atoms with Crippen LogP contribution in [-0.4, -0.2) is 35.8 Å². The van der Waals surface area contributed by atoms with Crippen LogP contribution in [0.2, 0.25) is 0 Å². The summed E-state index contributed by atoms with van der Waals surface area (Å²) in [6, 6.07) is 0.0324. The van der Waals surface area contributed by atoms with Crippen LogP contribution in [0.15, 0.2) is 0 Å². The van der Waals surface area contributed by atoms with E-state index in [4.69, 9.17) is 11.5 Å². The SMILES string of the molecule is C[C@H]1[C@@H](C(N)=O)CCN1CC(N)=O. The van der Waals surface area contributed by atoms with E-state index in [9.17, 15) is 9.59 Å². The molecule has 74 valence electrons. The van der Waals surface area contributed by atoms with Crippen molar-refractivity contribution in [2.75, 3.05) is 13.1 Å². The first kappa shape index (κ1) is 9.98. The molecule has 1 fully saturated rings. The van der Waals surface area contributed by atoms with Crippen LogP contribution in [-0.2, 0) is 9.59 Å². The number of rotatable bonds is 3. The van der Waals surface area contributed by atoms with Crippen molar-refractivity contribution >= 4 is 11.8 Å². The Morgan fingerprint density at radius 3 is 2.46 bits per heavy atom. The molecule has 0 aromatic rings. The topological polar surface area (TPSA) is 89.4 Å². The lowest BCUT2D eigenvalue weighted by molar-refractivity contribution is -0.123. The van der Waals surface area contributed by atoms with Crippen LogP contribution >= 0.6 is 0 Å². The zero-order valence-electron chi connectivity index (χ0n) is 7.69. The van der Waals surface area contributed by atoms with Crippen molar-refractivity contribution in [2.24, 2.45) is 17.4 Å². The van der Waals surface area contributed by atoms with Gasteiger partial charge in [0, 0.05) is 6.04 Å². The van der Waals surface area contributed by atoms with Crippen molar-refractivity contribution in [1.29, 1.82) is 0 Å². The minimum absolute atomic E-state index is 0.0324. The van der Waals surface area contributed by atoms with Crippen molar-refractivity contribution in [3.8, 4) is 0 Å². The van der Waals surface area contributed by atoms with E-state index < -0.39 is 0 Å². The minimum Gasteiger partial charge on any atom is -0.369 e. The molecule has 1 aliphatic rings. The molecular weight excluding hydrogens is 170 g/mol. The highest BCUT2D eigenvalue weighted by Gasteiger charge is 2.34. The standard InChI is InChI=1S/C8H15N3O2/c1-5-6(8(10)13)2-3-11(5)4-7(9)12/h5-6H,2-4H2,1H3,(H2,9,12)(H2,10,13)/t5-,6-/m0/s1. The quantitative estimate of drug-likeness (QED) is 0.570. The van der Waals surface area contributed by atoms with Crippen LogP contribution in [0.25, 0.3) is 0 Å². The Hall–Kier alpha value is -1.10. The average Bonchev–Trinajstić information content (AvgIpc) is 2.32. The van der Waals surface area contributed by atoms with Gasteiger partial charge in [0.1, 0.15) is 0 Å². The molecule has 4 N–H and O–H groups in total. The van der Waals surface area contributed by atoms with Crippen molar-refractivity contribution < 1.29 is 9.59 Å². The molecule has 0 aromatic heterocycles. The first-order chi connectivity index (χ1) is 6.02. The molecule has 5 nitrogen and oxygen atoms in total. The van der Waals surface area contributed by atoms with Crippen molar-refractivity contribution in [3.05, 3.63) is 0 Å². The molecule has 2 amide bonds. The fraction of sp³-hybridized carbons (Fsp3) is 0.750. The average molecular weight is 185 g/mol. The van der Waals surface area contributed by atoms with Gasteiger partial charge in [0.25, 0.3) is 0 Å². The highest BCUT2D eigenvalue weighted by molar-refractivity contribution is 5.79. The van der Waals surface area contributed by atoms with Gasteiger partial charge in [0.2, 0.25) is 11.8 Å². The molecule has 1 rings (SSSR count). The van der Waals surface area contributed by atoms with Crippen LogP contribution in [0, 0.1) is 5.92 Å². The maximum atomic E-state index is 10.9. The van der Waals surface area contributed by atoms with Gasteiger partial charge in [0.05, 0.1) is 12.5 Å². The Kier molecular flexibility index (Phi) is 2.87. The second kappa shape index (κ2) is 3.74. The van der Waals surface area contributed by atoms with Gasteiger partial charge in [-0.25, -0.2) is 0 Å². The van der Waals surface area contributed by atoms with E-state index in [2.05, 4.69) is 0 Å². The molecule has 5 heteroatoms. The molecular formula is C8H15N3O2. The lowest BCUT2D eigenvalue weighted by Crippen LogP contribution is -2.40. The number of carbonyl (C=O) groups is 2. The van der Waals surface area contributed by atoms with Gasteiger partial charge in [-0.05, 0) is 19.9 Å². The maximum Gasteiger partial charge on any atom is 0.231 e. The molecule has 0 radical (unpaired) electrons. The lowest BCUT2D eigenvalue weighted by Gasteiger charge is -2.21. The molecule has 1 heterocycles. The Bertz CT molecular complexity index is 229. The highest BCUT2D eigenvalue weighted by atomic mass is 16.1. The smallest absolute Gasteiger partial charge is 0.231 e. The Morgan fingerprint density at radius 1 is 1.46 bits per heavy atom. The van der Waals surface area contributed by atoms with Crippen molar-refractivity contribution in [2.45, 2.75) is 19.4 Å². The van der Waals surface area contributed by atoms with Gasteiger partial charge in [0.15, 0.2) is 0 Å². The third-order valence-electron chi connectivity index (χ3n) is 2.61. The number of nitrogens with two attached hydrogens (primary N) is 2. The van der Waals surface area contributed by atoms with Gasteiger partial charge in [-0.1, -0.05) is 0 Å². The summed E-state index contributed by atoms with van der Waals surface area (Å²) in [6.45, 7) is 2.83.